The number of pyridine rings is 1. The minimum absolute atomic E-state index is 0.0247. The van der Waals surface area contributed by atoms with E-state index in [2.05, 4.69) is 10.3 Å². The van der Waals surface area contributed by atoms with Crippen molar-refractivity contribution in [2.45, 2.75) is 38.3 Å². The summed E-state index contributed by atoms with van der Waals surface area (Å²) >= 11 is 0. The van der Waals surface area contributed by atoms with Gasteiger partial charge in [0.15, 0.2) is 0 Å². The summed E-state index contributed by atoms with van der Waals surface area (Å²) in [6, 6.07) is 4.69. The second kappa shape index (κ2) is 6.04. The number of ether oxygens (including phenoxy) is 1. The molecule has 2 heterocycles. The zero-order valence-electron chi connectivity index (χ0n) is 12.4. The van der Waals surface area contributed by atoms with Gasteiger partial charge in [0.05, 0.1) is 29.2 Å². The van der Waals surface area contributed by atoms with Crippen LogP contribution in [-0.2, 0) is 4.74 Å². The van der Waals surface area contributed by atoms with Crippen molar-refractivity contribution in [2.24, 2.45) is 0 Å². The van der Waals surface area contributed by atoms with Crippen LogP contribution in [0.4, 0.5) is 20.2 Å². The molecular formula is C16H19F2N3O. The zero-order valence-corrected chi connectivity index (χ0v) is 12.4. The number of nitrogens with zero attached hydrogens (tertiary/aromatic N) is 1. The number of nitrogen functional groups attached to an aromatic ring is 1. The Balaban J connectivity index is 1.99. The van der Waals surface area contributed by atoms with Gasteiger partial charge in [-0.2, -0.15) is 0 Å². The number of aromatic nitrogens is 1. The van der Waals surface area contributed by atoms with Crippen molar-refractivity contribution >= 4 is 22.3 Å². The molecule has 1 unspecified atom stereocenters. The normalized spacial score (nSPS) is 22.2. The van der Waals surface area contributed by atoms with Crippen LogP contribution < -0.4 is 11.1 Å². The topological polar surface area (TPSA) is 60.2 Å². The third kappa shape index (κ3) is 2.97. The smallest absolute Gasteiger partial charge is 0.263 e. The van der Waals surface area contributed by atoms with E-state index in [1.807, 2.05) is 6.92 Å². The number of fused-ring (bicyclic) bond motifs is 1. The lowest BCUT2D eigenvalue weighted by Gasteiger charge is -2.29. The van der Waals surface area contributed by atoms with Gasteiger partial charge in [-0.15, -0.1) is 0 Å². The van der Waals surface area contributed by atoms with Crippen LogP contribution in [0.1, 0.15) is 31.8 Å². The Morgan fingerprint density at radius 3 is 2.95 bits per heavy atom. The van der Waals surface area contributed by atoms with E-state index in [-0.39, 0.29) is 17.7 Å². The molecular weight excluding hydrogens is 288 g/mol. The Morgan fingerprint density at radius 1 is 1.41 bits per heavy atom. The summed E-state index contributed by atoms with van der Waals surface area (Å²) in [7, 11) is 0. The number of hydrogen-bond donors (Lipinski definition) is 2. The SMILES string of the molecule is C[C@@H]1CC(Nc2c(N)cnc3ccc(C(F)F)cc23)CCO1. The Hall–Kier alpha value is -1.95. The van der Waals surface area contributed by atoms with Crippen LogP contribution in [0.3, 0.4) is 0 Å². The molecule has 118 valence electrons. The first-order valence-electron chi connectivity index (χ1n) is 7.39. The first-order chi connectivity index (χ1) is 10.5. The Morgan fingerprint density at radius 2 is 2.23 bits per heavy atom. The van der Waals surface area contributed by atoms with Gasteiger partial charge >= 0.3 is 0 Å². The lowest BCUT2D eigenvalue weighted by molar-refractivity contribution is 0.0232. The number of nitrogens with one attached hydrogen (secondary N) is 1. The molecule has 3 rings (SSSR count). The van der Waals surface area contributed by atoms with Crippen LogP contribution in [-0.4, -0.2) is 23.7 Å². The monoisotopic (exact) mass is 307 g/mol. The molecule has 0 bridgehead atoms. The predicted octanol–water partition coefficient (Wildman–Crippen LogP) is 3.73. The first kappa shape index (κ1) is 15.0. The van der Waals surface area contributed by atoms with Gasteiger partial charge in [0.1, 0.15) is 0 Å². The second-order valence-corrected chi connectivity index (χ2v) is 5.71. The molecule has 0 amide bonds. The summed E-state index contributed by atoms with van der Waals surface area (Å²) in [6.45, 7) is 2.71. The quantitative estimate of drug-likeness (QED) is 0.907. The van der Waals surface area contributed by atoms with E-state index in [4.69, 9.17) is 10.5 Å². The second-order valence-electron chi connectivity index (χ2n) is 5.71. The number of alkyl halides is 2. The molecule has 22 heavy (non-hydrogen) atoms. The van der Waals surface area contributed by atoms with E-state index in [0.717, 1.165) is 12.8 Å². The molecule has 2 atom stereocenters. The maximum atomic E-state index is 12.9. The third-order valence-corrected chi connectivity index (χ3v) is 4.01. The molecule has 1 aliphatic heterocycles. The van der Waals surface area contributed by atoms with Crippen LogP contribution in [0.15, 0.2) is 24.4 Å². The van der Waals surface area contributed by atoms with Crippen LogP contribution in [0.2, 0.25) is 0 Å². The van der Waals surface area contributed by atoms with Crippen molar-refractivity contribution in [3.05, 3.63) is 30.0 Å². The number of halogens is 2. The Kier molecular flexibility index (Phi) is 4.11. The molecule has 0 radical (unpaired) electrons. The summed E-state index contributed by atoms with van der Waals surface area (Å²) < 4.78 is 31.4. The number of benzene rings is 1. The van der Waals surface area contributed by atoms with E-state index < -0.39 is 6.43 Å². The predicted molar refractivity (Wildman–Crippen MR) is 83.2 cm³/mol. The van der Waals surface area contributed by atoms with E-state index >= 15 is 0 Å². The van der Waals surface area contributed by atoms with Crippen molar-refractivity contribution in [1.82, 2.24) is 4.98 Å². The summed E-state index contributed by atoms with van der Waals surface area (Å²) in [5.41, 5.74) is 7.81. The molecule has 2 aromatic rings. The molecule has 1 aromatic heterocycles. The van der Waals surface area contributed by atoms with E-state index in [9.17, 15) is 8.78 Å². The molecule has 0 saturated carbocycles. The summed E-state index contributed by atoms with van der Waals surface area (Å²) in [4.78, 5) is 4.22. The first-order valence-corrected chi connectivity index (χ1v) is 7.39. The highest BCUT2D eigenvalue weighted by molar-refractivity contribution is 5.97. The number of hydrogen-bond acceptors (Lipinski definition) is 4. The third-order valence-electron chi connectivity index (χ3n) is 4.01. The molecule has 1 aliphatic rings. The average molecular weight is 307 g/mol. The Bertz CT molecular complexity index is 678. The van der Waals surface area contributed by atoms with Crippen molar-refractivity contribution in [3.63, 3.8) is 0 Å². The van der Waals surface area contributed by atoms with Crippen LogP contribution in [0.5, 0.6) is 0 Å². The van der Waals surface area contributed by atoms with Gasteiger partial charge in [-0.1, -0.05) is 6.07 Å². The molecule has 0 spiro atoms. The lowest BCUT2D eigenvalue weighted by Crippen LogP contribution is -2.32. The van der Waals surface area contributed by atoms with E-state index in [0.29, 0.717) is 28.9 Å². The van der Waals surface area contributed by atoms with Gasteiger partial charge in [-0.05, 0) is 31.9 Å². The van der Waals surface area contributed by atoms with Gasteiger partial charge in [0, 0.05) is 23.6 Å². The number of rotatable bonds is 3. The van der Waals surface area contributed by atoms with Gasteiger partial charge in [0.25, 0.3) is 6.43 Å². The van der Waals surface area contributed by atoms with E-state index in [1.54, 1.807) is 12.3 Å². The highest BCUT2D eigenvalue weighted by Gasteiger charge is 2.21. The minimum atomic E-state index is -2.51. The van der Waals surface area contributed by atoms with Crippen LogP contribution >= 0.6 is 0 Å². The zero-order chi connectivity index (χ0) is 15.7. The largest absolute Gasteiger partial charge is 0.396 e. The standard InChI is InChI=1S/C16H19F2N3O/c1-9-6-11(4-5-22-9)21-15-12-7-10(16(17)18)2-3-14(12)20-8-13(15)19/h2-3,7-9,11,16H,4-6,19H2,1H3,(H,20,21)/t9-,11?/m1/s1. The average Bonchev–Trinajstić information content (AvgIpc) is 2.49. The fourth-order valence-electron chi connectivity index (χ4n) is 2.86. The van der Waals surface area contributed by atoms with Gasteiger partial charge < -0.3 is 15.8 Å². The van der Waals surface area contributed by atoms with Gasteiger partial charge in [0.2, 0.25) is 0 Å². The minimum Gasteiger partial charge on any atom is -0.396 e. The van der Waals surface area contributed by atoms with Crippen molar-refractivity contribution in [3.8, 4) is 0 Å². The highest BCUT2D eigenvalue weighted by atomic mass is 19.3. The molecule has 3 N–H and O–H groups in total. The maximum absolute atomic E-state index is 12.9. The van der Waals surface area contributed by atoms with Crippen molar-refractivity contribution < 1.29 is 13.5 Å². The molecule has 6 heteroatoms. The molecule has 1 aromatic carbocycles. The number of nitrogens with two attached hydrogens (primary N) is 1. The summed E-state index contributed by atoms with van der Waals surface area (Å²) in [5, 5.41) is 4.03. The summed E-state index contributed by atoms with van der Waals surface area (Å²) in [5.74, 6) is 0. The lowest BCUT2D eigenvalue weighted by atomic mass is 10.0. The fourth-order valence-corrected chi connectivity index (χ4v) is 2.86. The fraction of sp³-hybridized carbons (Fsp3) is 0.438. The van der Waals surface area contributed by atoms with Crippen molar-refractivity contribution in [1.29, 1.82) is 0 Å². The molecule has 1 saturated heterocycles. The van der Waals surface area contributed by atoms with Crippen LogP contribution in [0.25, 0.3) is 10.9 Å². The van der Waals surface area contributed by atoms with Gasteiger partial charge in [-0.25, -0.2) is 8.78 Å². The summed E-state index contributed by atoms with van der Waals surface area (Å²) in [6.07, 6.45) is 0.953. The molecule has 0 aliphatic carbocycles. The van der Waals surface area contributed by atoms with Crippen molar-refractivity contribution in [2.75, 3.05) is 17.7 Å². The Labute approximate surface area is 127 Å². The van der Waals surface area contributed by atoms with E-state index in [1.165, 1.54) is 12.1 Å². The maximum Gasteiger partial charge on any atom is 0.263 e. The van der Waals surface area contributed by atoms with Gasteiger partial charge in [-0.3, -0.25) is 4.98 Å². The highest BCUT2D eigenvalue weighted by Crippen LogP contribution is 2.33. The van der Waals surface area contributed by atoms with Crippen LogP contribution in [0, 0.1) is 0 Å². The number of anilines is 2. The molecule has 1 fully saturated rings. The molecule has 4 nitrogen and oxygen atoms in total.